The van der Waals surface area contributed by atoms with Crippen molar-refractivity contribution in [3.63, 3.8) is 0 Å². The van der Waals surface area contributed by atoms with E-state index in [-0.39, 0.29) is 0 Å². The third kappa shape index (κ3) is 6.96. The van der Waals surface area contributed by atoms with Crippen molar-refractivity contribution in [1.82, 2.24) is 32.4 Å². The van der Waals surface area contributed by atoms with Gasteiger partial charge in [0.25, 0.3) is 0 Å². The molecule has 13 aromatic carbocycles. The van der Waals surface area contributed by atoms with Gasteiger partial charge in [0.15, 0.2) is 0 Å². The molecule has 20 aromatic rings. The van der Waals surface area contributed by atoms with E-state index in [4.69, 9.17) is 4.98 Å². The summed E-state index contributed by atoms with van der Waals surface area (Å²) < 4.78 is 14.4. The first kappa shape index (κ1) is 50.3. The summed E-state index contributed by atoms with van der Waals surface area (Å²) in [6.07, 6.45) is 4.00. The largest absolute Gasteiger partial charge is 0.309 e. The summed E-state index contributed by atoms with van der Waals surface area (Å²) in [7, 11) is 0. The zero-order valence-corrected chi connectivity index (χ0v) is 49.4. The summed E-state index contributed by atoms with van der Waals surface area (Å²) in [5.41, 5.74) is 21.4. The maximum Gasteiger partial charge on any atom is 0.0998 e. The molecular weight excluding hydrogens is 1120 g/mol. The Labute approximate surface area is 526 Å². The fourth-order valence-corrected chi connectivity index (χ4v) is 15.7. The van der Waals surface area contributed by atoms with Crippen LogP contribution in [0.1, 0.15) is 5.56 Å². The number of aromatic nitrogens is 7. The third-order valence-corrected chi connectivity index (χ3v) is 19.5. The van der Waals surface area contributed by atoms with Crippen LogP contribution in [0.15, 0.2) is 304 Å². The van der Waals surface area contributed by atoms with Gasteiger partial charge in [-0.15, -0.1) is 0 Å². The summed E-state index contributed by atoms with van der Waals surface area (Å²) in [6, 6.07) is 108. The molecule has 0 aliphatic carbocycles. The first-order chi connectivity index (χ1) is 45.6. The predicted molar refractivity (Wildman–Crippen MR) is 380 cm³/mol. The number of nitriles is 1. The molecule has 0 saturated carbocycles. The second-order valence-corrected chi connectivity index (χ2v) is 24.2. The van der Waals surface area contributed by atoms with Crippen LogP contribution in [0.3, 0.4) is 0 Å². The zero-order chi connectivity index (χ0) is 60.3. The van der Waals surface area contributed by atoms with Crippen molar-refractivity contribution in [3.8, 4) is 51.3 Å². The molecule has 0 radical (unpaired) electrons. The molecule has 0 fully saturated rings. The molecular formula is C84H50N8. The molecule has 7 aromatic heterocycles. The number of hydrogen-bond acceptors (Lipinski definition) is 2. The van der Waals surface area contributed by atoms with Gasteiger partial charge < -0.3 is 27.4 Å². The van der Waals surface area contributed by atoms with Gasteiger partial charge in [-0.05, 0) is 127 Å². The Bertz CT molecular complexity index is 5680. The Balaban J connectivity index is 0.892. The van der Waals surface area contributed by atoms with Crippen molar-refractivity contribution in [2.75, 3.05) is 0 Å². The van der Waals surface area contributed by atoms with E-state index in [1.165, 1.54) is 43.1 Å². The van der Waals surface area contributed by atoms with Crippen molar-refractivity contribution in [1.29, 1.82) is 5.26 Å². The van der Waals surface area contributed by atoms with Crippen molar-refractivity contribution in [2.45, 2.75) is 0 Å². The lowest BCUT2D eigenvalue weighted by molar-refractivity contribution is 1.09. The highest BCUT2D eigenvalue weighted by atomic mass is 15.1. The first-order valence-electron chi connectivity index (χ1n) is 31.2. The van der Waals surface area contributed by atoms with Gasteiger partial charge in [0.05, 0.1) is 102 Å². The van der Waals surface area contributed by atoms with Crippen molar-refractivity contribution in [3.05, 3.63) is 309 Å². The van der Waals surface area contributed by atoms with Crippen LogP contribution in [0.4, 0.5) is 0 Å². The van der Waals surface area contributed by atoms with Gasteiger partial charge in [0.2, 0.25) is 0 Å². The fraction of sp³-hybridized carbons (Fsp3) is 0. The molecule has 0 bridgehead atoms. The van der Waals surface area contributed by atoms with Gasteiger partial charge >= 0.3 is 0 Å². The van der Waals surface area contributed by atoms with E-state index in [0.29, 0.717) is 5.56 Å². The van der Waals surface area contributed by atoms with Crippen molar-refractivity contribution >= 4 is 131 Å². The van der Waals surface area contributed by atoms with E-state index in [1.54, 1.807) is 0 Å². The first-order valence-corrected chi connectivity index (χ1v) is 31.2. The van der Waals surface area contributed by atoms with Crippen molar-refractivity contribution in [2.24, 2.45) is 0 Å². The smallest absolute Gasteiger partial charge is 0.0998 e. The van der Waals surface area contributed by atoms with E-state index in [1.807, 2.05) is 30.6 Å². The summed E-state index contributed by atoms with van der Waals surface area (Å²) >= 11 is 0. The molecule has 0 N–H and O–H groups in total. The third-order valence-electron chi connectivity index (χ3n) is 19.5. The molecule has 0 aliphatic rings. The van der Waals surface area contributed by atoms with Crippen LogP contribution in [0.2, 0.25) is 0 Å². The lowest BCUT2D eigenvalue weighted by Gasteiger charge is -2.20. The zero-order valence-electron chi connectivity index (χ0n) is 49.4. The van der Waals surface area contributed by atoms with Crippen LogP contribution >= 0.6 is 0 Å². The molecule has 0 spiro atoms. The molecule has 0 unspecified atom stereocenters. The second-order valence-electron chi connectivity index (χ2n) is 24.2. The van der Waals surface area contributed by atoms with Crippen LogP contribution in [0, 0.1) is 11.3 Å². The Hall–Kier alpha value is -12.7. The van der Waals surface area contributed by atoms with Crippen molar-refractivity contribution < 1.29 is 0 Å². The highest BCUT2D eigenvalue weighted by molar-refractivity contribution is 6.17. The van der Waals surface area contributed by atoms with E-state index in [2.05, 4.69) is 306 Å². The van der Waals surface area contributed by atoms with Crippen LogP contribution < -0.4 is 0 Å². The Kier molecular flexibility index (Phi) is 10.5. The molecule has 0 atom stereocenters. The average Bonchev–Trinajstić information content (AvgIpc) is 1.61. The minimum atomic E-state index is 0.562. The SMILES string of the molecule is N#Cc1ccccc1-c1c(-n2c3ccc(-n4c5ccccc5c5ccccc54)cc3c3cc(-n4c5ccccc5c5ccccc54)ccc32)cncc1-n1c2ccc(-n3c4ccccc4c4ccccc43)cc2c2cc(-n3c4ccccc4c4ccccc43)ccc21. The average molecular weight is 1170 g/mol. The fourth-order valence-electron chi connectivity index (χ4n) is 15.7. The summed E-state index contributed by atoms with van der Waals surface area (Å²) in [5.74, 6) is 0. The van der Waals surface area contributed by atoms with Crippen LogP contribution in [0.5, 0.6) is 0 Å². The predicted octanol–water partition coefficient (Wildman–Crippen LogP) is 21.2. The number of benzene rings is 13. The Morgan fingerprint density at radius 1 is 0.228 bits per heavy atom. The van der Waals surface area contributed by atoms with Gasteiger partial charge in [-0.2, -0.15) is 5.26 Å². The van der Waals surface area contributed by atoms with Gasteiger partial charge in [0.1, 0.15) is 0 Å². The van der Waals surface area contributed by atoms with Gasteiger partial charge in [-0.3, -0.25) is 4.98 Å². The van der Waals surface area contributed by atoms with Gasteiger partial charge in [0, 0.05) is 98.5 Å². The van der Waals surface area contributed by atoms with E-state index >= 15 is 0 Å². The van der Waals surface area contributed by atoms with E-state index in [9.17, 15) is 5.26 Å². The van der Waals surface area contributed by atoms with Crippen LogP contribution in [0.25, 0.3) is 176 Å². The molecule has 426 valence electrons. The number of pyridine rings is 1. The molecule has 7 heterocycles. The maximum atomic E-state index is 11.3. The number of hydrogen-bond donors (Lipinski definition) is 0. The highest BCUT2D eigenvalue weighted by Crippen LogP contribution is 2.46. The molecule has 0 aliphatic heterocycles. The van der Waals surface area contributed by atoms with E-state index < -0.39 is 0 Å². The normalized spacial score (nSPS) is 12.1. The minimum absolute atomic E-state index is 0.562. The monoisotopic (exact) mass is 1170 g/mol. The number of fused-ring (bicyclic) bond motifs is 18. The molecule has 0 amide bonds. The van der Waals surface area contributed by atoms with Gasteiger partial charge in [-0.25, -0.2) is 0 Å². The lowest BCUT2D eigenvalue weighted by atomic mass is 9.97. The number of rotatable bonds is 7. The van der Waals surface area contributed by atoms with Crippen LogP contribution in [-0.4, -0.2) is 32.4 Å². The lowest BCUT2D eigenvalue weighted by Crippen LogP contribution is -2.06. The Morgan fingerprint density at radius 3 is 0.717 bits per heavy atom. The molecule has 0 saturated heterocycles. The molecule has 8 nitrogen and oxygen atoms in total. The minimum Gasteiger partial charge on any atom is -0.309 e. The quantitative estimate of drug-likeness (QED) is 0.160. The number of nitrogens with zero attached hydrogens (tertiary/aromatic N) is 8. The molecule has 92 heavy (non-hydrogen) atoms. The molecule has 20 rings (SSSR count). The summed E-state index contributed by atoms with van der Waals surface area (Å²) in [4.78, 5) is 5.33. The van der Waals surface area contributed by atoms with E-state index in [0.717, 1.165) is 133 Å². The standard InChI is InChI=1S/C84H50N8/c85-49-52-19-1-2-20-57(52)84-82(91-78-41-37-53(87-70-29-11-3-21-58(70)59-22-4-12-30-71(59)87)45-66(78)67-46-54(38-42-79(67)91)88-72-31-13-5-23-60(72)61-24-6-14-32-73(61)88)50-86-51-83(84)92-80-43-39-55(89-74-33-15-7-25-62(74)63-26-8-16-34-75(63)89)47-68(80)69-48-56(40-44-81(69)92)90-76-35-17-9-27-64(76)65-28-10-18-36-77(65)90/h1-48,50-51H. The second kappa shape index (κ2) is 19.2. The molecule has 8 heteroatoms. The topological polar surface area (TPSA) is 66.3 Å². The summed E-state index contributed by atoms with van der Waals surface area (Å²) in [5, 5.41) is 25.3. The van der Waals surface area contributed by atoms with Gasteiger partial charge in [-0.1, -0.05) is 164 Å². The van der Waals surface area contributed by atoms with Crippen LogP contribution in [-0.2, 0) is 0 Å². The maximum absolute atomic E-state index is 11.3. The highest BCUT2D eigenvalue weighted by Gasteiger charge is 2.27. The summed E-state index contributed by atoms with van der Waals surface area (Å²) in [6.45, 7) is 0. The number of para-hydroxylation sites is 8. The Morgan fingerprint density at radius 2 is 0.457 bits per heavy atom.